The Hall–Kier alpha value is -1.56. The van der Waals surface area contributed by atoms with Crippen molar-refractivity contribution in [3.05, 3.63) is 33.2 Å². The third kappa shape index (κ3) is 2.27. The van der Waals surface area contributed by atoms with E-state index in [1.165, 1.54) is 0 Å². The summed E-state index contributed by atoms with van der Waals surface area (Å²) in [6.45, 7) is 8.00. The molecule has 0 fully saturated rings. The van der Waals surface area contributed by atoms with Gasteiger partial charge < -0.3 is 4.98 Å². The van der Waals surface area contributed by atoms with Crippen molar-refractivity contribution >= 4 is 0 Å². The maximum Gasteiger partial charge on any atom is 0.266 e. The predicted octanol–water partition coefficient (Wildman–Crippen LogP) is 2.49. The summed E-state index contributed by atoms with van der Waals surface area (Å²) in [5, 5.41) is 8.91. The highest BCUT2D eigenvalue weighted by molar-refractivity contribution is 5.39. The quantitative estimate of drug-likeness (QED) is 0.804. The molecule has 0 aliphatic rings. The van der Waals surface area contributed by atoms with Gasteiger partial charge in [-0.2, -0.15) is 5.26 Å². The highest BCUT2D eigenvalue weighted by Crippen LogP contribution is 2.20. The number of aromatic nitrogens is 1. The van der Waals surface area contributed by atoms with Crippen LogP contribution >= 0.6 is 0 Å². The van der Waals surface area contributed by atoms with E-state index in [-0.39, 0.29) is 23.0 Å². The van der Waals surface area contributed by atoms with E-state index in [1.54, 1.807) is 0 Å². The van der Waals surface area contributed by atoms with Gasteiger partial charge >= 0.3 is 0 Å². The summed E-state index contributed by atoms with van der Waals surface area (Å²) < 4.78 is 0. The summed E-state index contributed by atoms with van der Waals surface area (Å²) in [6.07, 6.45) is 0. The van der Waals surface area contributed by atoms with Gasteiger partial charge in [-0.05, 0) is 23.5 Å². The molecule has 1 aromatic heterocycles. The molecule has 1 aromatic rings. The lowest BCUT2D eigenvalue weighted by Gasteiger charge is -2.11. The lowest BCUT2D eigenvalue weighted by Crippen LogP contribution is -2.17. The van der Waals surface area contributed by atoms with Gasteiger partial charge in [-0.3, -0.25) is 4.79 Å². The third-order valence-corrected chi connectivity index (χ3v) is 2.44. The van der Waals surface area contributed by atoms with Crippen LogP contribution in [0.1, 0.15) is 56.4 Å². The molecule has 15 heavy (non-hydrogen) atoms. The smallest absolute Gasteiger partial charge is 0.266 e. The van der Waals surface area contributed by atoms with Gasteiger partial charge in [0.1, 0.15) is 11.6 Å². The molecule has 0 aliphatic carbocycles. The normalized spacial score (nSPS) is 10.7. The molecule has 1 heterocycles. The molecule has 0 aliphatic heterocycles. The number of pyridine rings is 1. The Morgan fingerprint density at radius 3 is 2.27 bits per heavy atom. The molecule has 0 atom stereocenters. The Bertz CT molecular complexity index is 450. The standard InChI is InChI=1S/C12H16N2O/c1-7(2)9-5-11(8(3)4)14-12(15)10(9)6-13/h5,7-8H,1-4H3,(H,14,15). The number of hydrogen-bond acceptors (Lipinski definition) is 2. The van der Waals surface area contributed by atoms with Crippen LogP contribution in [-0.4, -0.2) is 4.98 Å². The zero-order valence-corrected chi connectivity index (χ0v) is 9.59. The Morgan fingerprint density at radius 2 is 1.87 bits per heavy atom. The maximum absolute atomic E-state index is 11.6. The van der Waals surface area contributed by atoms with E-state index < -0.39 is 0 Å². The number of hydrogen-bond donors (Lipinski definition) is 1. The molecule has 80 valence electrons. The number of nitrogens with zero attached hydrogens (tertiary/aromatic N) is 1. The first-order valence-electron chi connectivity index (χ1n) is 5.14. The van der Waals surface area contributed by atoms with Gasteiger partial charge in [0.15, 0.2) is 0 Å². The second-order valence-corrected chi connectivity index (χ2v) is 4.31. The molecule has 0 amide bonds. The Balaban J connectivity index is 3.48. The van der Waals surface area contributed by atoms with Crippen LogP contribution in [0.15, 0.2) is 10.9 Å². The molecule has 0 saturated heterocycles. The lowest BCUT2D eigenvalue weighted by molar-refractivity contribution is 0.788. The van der Waals surface area contributed by atoms with Crippen LogP contribution < -0.4 is 5.56 Å². The summed E-state index contributed by atoms with van der Waals surface area (Å²) in [7, 11) is 0. The number of nitriles is 1. The van der Waals surface area contributed by atoms with Crippen molar-refractivity contribution in [1.29, 1.82) is 5.26 Å². The number of rotatable bonds is 2. The lowest BCUT2D eigenvalue weighted by atomic mass is 9.96. The van der Waals surface area contributed by atoms with E-state index in [4.69, 9.17) is 5.26 Å². The molecule has 0 unspecified atom stereocenters. The molecule has 3 heteroatoms. The topological polar surface area (TPSA) is 56.6 Å². The van der Waals surface area contributed by atoms with Crippen molar-refractivity contribution in [2.24, 2.45) is 0 Å². The minimum absolute atomic E-state index is 0.194. The van der Waals surface area contributed by atoms with Gasteiger partial charge in [0.25, 0.3) is 5.56 Å². The first kappa shape index (κ1) is 11.5. The van der Waals surface area contributed by atoms with Gasteiger partial charge in [-0.15, -0.1) is 0 Å². The summed E-state index contributed by atoms with van der Waals surface area (Å²) in [5.74, 6) is 0.461. The number of nitrogens with one attached hydrogen (secondary N) is 1. The first-order valence-corrected chi connectivity index (χ1v) is 5.14. The molecule has 0 bridgehead atoms. The average Bonchev–Trinajstić information content (AvgIpc) is 2.16. The highest BCUT2D eigenvalue weighted by atomic mass is 16.1. The van der Waals surface area contributed by atoms with Crippen molar-refractivity contribution in [3.63, 3.8) is 0 Å². The minimum Gasteiger partial charge on any atom is -0.325 e. The number of H-pyrrole nitrogens is 1. The van der Waals surface area contributed by atoms with Crippen LogP contribution in [0, 0.1) is 11.3 Å². The van der Waals surface area contributed by atoms with E-state index >= 15 is 0 Å². The van der Waals surface area contributed by atoms with E-state index in [0.29, 0.717) is 0 Å². The van der Waals surface area contributed by atoms with Gasteiger partial charge in [0.2, 0.25) is 0 Å². The van der Waals surface area contributed by atoms with Crippen LogP contribution in [0.4, 0.5) is 0 Å². The van der Waals surface area contributed by atoms with Crippen LogP contribution in [-0.2, 0) is 0 Å². The van der Waals surface area contributed by atoms with Crippen molar-refractivity contribution in [2.45, 2.75) is 39.5 Å². The average molecular weight is 204 g/mol. The molecular weight excluding hydrogens is 188 g/mol. The third-order valence-electron chi connectivity index (χ3n) is 2.44. The molecule has 1 N–H and O–H groups in total. The van der Waals surface area contributed by atoms with Crippen molar-refractivity contribution in [1.82, 2.24) is 4.98 Å². The van der Waals surface area contributed by atoms with E-state index in [0.717, 1.165) is 11.3 Å². The second kappa shape index (κ2) is 4.31. The molecule has 0 radical (unpaired) electrons. The monoisotopic (exact) mass is 204 g/mol. The van der Waals surface area contributed by atoms with E-state index in [1.807, 2.05) is 39.8 Å². The summed E-state index contributed by atoms with van der Waals surface area (Å²) in [5.41, 5.74) is 1.70. The van der Waals surface area contributed by atoms with Crippen molar-refractivity contribution in [2.75, 3.05) is 0 Å². The molecular formula is C12H16N2O. The fraction of sp³-hybridized carbons (Fsp3) is 0.500. The molecule has 0 aromatic carbocycles. The fourth-order valence-electron chi connectivity index (χ4n) is 1.48. The van der Waals surface area contributed by atoms with Crippen molar-refractivity contribution < 1.29 is 0 Å². The van der Waals surface area contributed by atoms with Crippen LogP contribution in [0.5, 0.6) is 0 Å². The van der Waals surface area contributed by atoms with E-state index in [9.17, 15) is 4.79 Å². The summed E-state index contributed by atoms with van der Waals surface area (Å²) in [4.78, 5) is 14.4. The molecule has 0 spiro atoms. The highest BCUT2D eigenvalue weighted by Gasteiger charge is 2.13. The van der Waals surface area contributed by atoms with Gasteiger partial charge in [-0.25, -0.2) is 0 Å². The fourth-order valence-corrected chi connectivity index (χ4v) is 1.48. The maximum atomic E-state index is 11.6. The van der Waals surface area contributed by atoms with Crippen LogP contribution in [0.2, 0.25) is 0 Å². The van der Waals surface area contributed by atoms with Crippen LogP contribution in [0.3, 0.4) is 0 Å². The molecule has 0 saturated carbocycles. The Labute approximate surface area is 89.8 Å². The Kier molecular flexibility index (Phi) is 3.31. The zero-order chi connectivity index (χ0) is 11.6. The Morgan fingerprint density at radius 1 is 1.27 bits per heavy atom. The zero-order valence-electron chi connectivity index (χ0n) is 9.59. The second-order valence-electron chi connectivity index (χ2n) is 4.31. The van der Waals surface area contributed by atoms with E-state index in [2.05, 4.69) is 4.98 Å². The van der Waals surface area contributed by atoms with Gasteiger partial charge in [-0.1, -0.05) is 27.7 Å². The van der Waals surface area contributed by atoms with Crippen LogP contribution in [0.25, 0.3) is 0 Å². The minimum atomic E-state index is -0.271. The molecule has 1 rings (SSSR count). The summed E-state index contributed by atoms with van der Waals surface area (Å²) >= 11 is 0. The molecule has 3 nitrogen and oxygen atoms in total. The first-order chi connectivity index (χ1) is 6.97. The van der Waals surface area contributed by atoms with Gasteiger partial charge in [0, 0.05) is 5.69 Å². The van der Waals surface area contributed by atoms with Crippen molar-refractivity contribution in [3.8, 4) is 6.07 Å². The number of aromatic amines is 1. The largest absolute Gasteiger partial charge is 0.325 e. The summed E-state index contributed by atoms with van der Waals surface area (Å²) in [6, 6.07) is 3.89. The van der Waals surface area contributed by atoms with Gasteiger partial charge in [0.05, 0.1) is 0 Å². The SMILES string of the molecule is CC(C)c1cc(C(C)C)c(C#N)c(=O)[nH]1. The predicted molar refractivity (Wildman–Crippen MR) is 60.0 cm³/mol.